The molecule has 1 aromatic rings. The summed E-state index contributed by atoms with van der Waals surface area (Å²) in [5, 5.41) is 7.56. The van der Waals surface area contributed by atoms with Crippen LogP contribution in [-0.4, -0.2) is 40.7 Å². The highest BCUT2D eigenvalue weighted by Crippen LogP contribution is 2.41. The first-order chi connectivity index (χ1) is 9.63. The van der Waals surface area contributed by atoms with E-state index >= 15 is 0 Å². The summed E-state index contributed by atoms with van der Waals surface area (Å²) in [6, 6.07) is 1.44. The third-order valence-corrected chi connectivity index (χ3v) is 4.78. The Bertz CT molecular complexity index is 431. The van der Waals surface area contributed by atoms with Crippen LogP contribution in [-0.2, 0) is 6.54 Å². The molecule has 5 heteroatoms. The fraction of sp³-hybridized carbons (Fsp3) is 0.867. The zero-order chi connectivity index (χ0) is 14.1. The van der Waals surface area contributed by atoms with Gasteiger partial charge in [-0.15, -0.1) is 0 Å². The van der Waals surface area contributed by atoms with Gasteiger partial charge >= 0.3 is 0 Å². The lowest BCUT2D eigenvalue weighted by Gasteiger charge is -2.34. The third-order valence-electron chi connectivity index (χ3n) is 4.78. The summed E-state index contributed by atoms with van der Waals surface area (Å²) in [5.74, 6) is 2.79. The average Bonchev–Trinajstić information content (AvgIpc) is 2.92. The van der Waals surface area contributed by atoms with Crippen LogP contribution in [0.15, 0.2) is 4.52 Å². The molecule has 2 unspecified atom stereocenters. The van der Waals surface area contributed by atoms with Gasteiger partial charge in [-0.1, -0.05) is 19.0 Å². The lowest BCUT2D eigenvalue weighted by molar-refractivity contribution is 0.157. The van der Waals surface area contributed by atoms with Crippen LogP contribution in [0.1, 0.15) is 57.2 Å². The Hall–Kier alpha value is -0.940. The van der Waals surface area contributed by atoms with Crippen molar-refractivity contribution < 1.29 is 4.52 Å². The van der Waals surface area contributed by atoms with Crippen molar-refractivity contribution in [2.45, 2.75) is 64.1 Å². The molecule has 0 radical (unpaired) electrons. The van der Waals surface area contributed by atoms with Crippen molar-refractivity contribution in [1.29, 1.82) is 0 Å². The maximum atomic E-state index is 5.38. The number of nitrogens with one attached hydrogen (secondary N) is 1. The van der Waals surface area contributed by atoms with Crippen LogP contribution in [0, 0.1) is 5.92 Å². The van der Waals surface area contributed by atoms with Gasteiger partial charge in [0, 0.05) is 18.0 Å². The normalized spacial score (nSPS) is 30.3. The van der Waals surface area contributed by atoms with Crippen molar-refractivity contribution in [2.24, 2.45) is 5.92 Å². The summed E-state index contributed by atoms with van der Waals surface area (Å²) in [5.41, 5.74) is 0. The van der Waals surface area contributed by atoms with Gasteiger partial charge in [-0.3, -0.25) is 0 Å². The highest BCUT2D eigenvalue weighted by molar-refractivity contribution is 5.05. The Kier molecular flexibility index (Phi) is 4.08. The molecule has 20 heavy (non-hydrogen) atoms. The molecular weight excluding hydrogens is 252 g/mol. The van der Waals surface area contributed by atoms with Gasteiger partial charge in [0.15, 0.2) is 5.82 Å². The maximum absolute atomic E-state index is 5.38. The van der Waals surface area contributed by atoms with Crippen molar-refractivity contribution in [2.75, 3.05) is 13.6 Å². The third kappa shape index (κ3) is 2.88. The van der Waals surface area contributed by atoms with Crippen LogP contribution in [0.25, 0.3) is 0 Å². The van der Waals surface area contributed by atoms with E-state index in [1.807, 2.05) is 0 Å². The Labute approximate surface area is 121 Å². The summed E-state index contributed by atoms with van der Waals surface area (Å²) in [6.07, 6.45) is 5.04. The fourth-order valence-electron chi connectivity index (χ4n) is 3.60. The van der Waals surface area contributed by atoms with Gasteiger partial charge in [-0.05, 0) is 45.2 Å². The molecular formula is C15H26N4O. The van der Waals surface area contributed by atoms with Gasteiger partial charge in [-0.25, -0.2) is 0 Å². The number of hydrogen-bond acceptors (Lipinski definition) is 5. The van der Waals surface area contributed by atoms with E-state index in [2.05, 4.69) is 41.3 Å². The Morgan fingerprint density at radius 2 is 2.00 bits per heavy atom. The van der Waals surface area contributed by atoms with Crippen LogP contribution in [0.4, 0.5) is 0 Å². The zero-order valence-electron chi connectivity index (χ0n) is 12.8. The number of nitrogens with zero attached hydrogens (tertiary/aromatic N) is 3. The van der Waals surface area contributed by atoms with Crippen molar-refractivity contribution in [1.82, 2.24) is 20.4 Å². The summed E-state index contributed by atoms with van der Waals surface area (Å²) >= 11 is 0. The van der Waals surface area contributed by atoms with Gasteiger partial charge in [0.05, 0.1) is 6.54 Å². The van der Waals surface area contributed by atoms with Crippen LogP contribution in [0.2, 0.25) is 0 Å². The predicted molar refractivity (Wildman–Crippen MR) is 77.4 cm³/mol. The monoisotopic (exact) mass is 278 g/mol. The molecule has 2 atom stereocenters. The minimum absolute atomic E-state index is 0.492. The lowest BCUT2D eigenvalue weighted by atomic mass is 9.90. The molecule has 2 bridgehead atoms. The van der Waals surface area contributed by atoms with E-state index in [1.54, 1.807) is 0 Å². The Morgan fingerprint density at radius 1 is 1.30 bits per heavy atom. The smallest absolute Gasteiger partial charge is 0.240 e. The summed E-state index contributed by atoms with van der Waals surface area (Å²) < 4.78 is 5.38. The van der Waals surface area contributed by atoms with Crippen LogP contribution in [0.3, 0.4) is 0 Å². The Balaban J connectivity index is 1.57. The number of hydrogen-bond donors (Lipinski definition) is 1. The predicted octanol–water partition coefficient (Wildman–Crippen LogP) is 2.16. The topological polar surface area (TPSA) is 54.2 Å². The van der Waals surface area contributed by atoms with E-state index in [9.17, 15) is 0 Å². The van der Waals surface area contributed by atoms with Crippen molar-refractivity contribution in [3.63, 3.8) is 0 Å². The van der Waals surface area contributed by atoms with Gasteiger partial charge in [0.1, 0.15) is 0 Å². The Morgan fingerprint density at radius 3 is 2.65 bits per heavy atom. The molecule has 0 saturated carbocycles. The second-order valence-corrected chi connectivity index (χ2v) is 6.79. The molecule has 2 aliphatic rings. The minimum Gasteiger partial charge on any atom is -0.338 e. The second-order valence-electron chi connectivity index (χ2n) is 6.79. The zero-order valence-corrected chi connectivity index (χ0v) is 12.8. The second kappa shape index (κ2) is 5.82. The molecule has 1 aromatic heterocycles. The number of fused-ring (bicyclic) bond motifs is 2. The molecule has 1 N–H and O–H groups in total. The minimum atomic E-state index is 0.492. The van der Waals surface area contributed by atoms with Gasteiger partial charge in [0.2, 0.25) is 5.89 Å². The van der Waals surface area contributed by atoms with E-state index < -0.39 is 0 Å². The molecule has 2 fully saturated rings. The van der Waals surface area contributed by atoms with Crippen molar-refractivity contribution in [3.05, 3.63) is 11.7 Å². The molecule has 2 aliphatic heterocycles. The first kappa shape index (κ1) is 14.0. The molecule has 0 aromatic carbocycles. The maximum Gasteiger partial charge on any atom is 0.240 e. The van der Waals surface area contributed by atoms with Crippen LogP contribution < -0.4 is 5.32 Å². The molecule has 3 rings (SSSR count). The molecule has 0 amide bonds. The SMILES string of the molecule is CC(C)CNCc1nc(C2CC3CCC(C2)N3C)no1. The van der Waals surface area contributed by atoms with E-state index in [4.69, 9.17) is 4.52 Å². The van der Waals surface area contributed by atoms with E-state index in [1.165, 1.54) is 25.7 Å². The van der Waals surface area contributed by atoms with Gasteiger partial charge in [-0.2, -0.15) is 4.98 Å². The first-order valence-corrected chi connectivity index (χ1v) is 7.88. The quantitative estimate of drug-likeness (QED) is 0.894. The van der Waals surface area contributed by atoms with Gasteiger partial charge < -0.3 is 14.7 Å². The average molecular weight is 278 g/mol. The molecule has 3 heterocycles. The number of rotatable bonds is 5. The highest BCUT2D eigenvalue weighted by atomic mass is 16.5. The molecule has 2 saturated heterocycles. The highest BCUT2D eigenvalue weighted by Gasteiger charge is 2.40. The number of piperidine rings is 1. The molecule has 0 aliphatic carbocycles. The summed E-state index contributed by atoms with van der Waals surface area (Å²) in [4.78, 5) is 7.14. The van der Waals surface area contributed by atoms with E-state index in [0.717, 1.165) is 30.3 Å². The van der Waals surface area contributed by atoms with Crippen molar-refractivity contribution >= 4 is 0 Å². The van der Waals surface area contributed by atoms with Gasteiger partial charge in [0.25, 0.3) is 0 Å². The largest absolute Gasteiger partial charge is 0.338 e. The van der Waals surface area contributed by atoms with Crippen molar-refractivity contribution in [3.8, 4) is 0 Å². The molecule has 0 spiro atoms. The standard InChI is InChI=1S/C15H26N4O/c1-10(2)8-16-9-14-17-15(18-20-14)11-6-12-4-5-13(7-11)19(12)3/h10-13,16H,4-9H2,1-3H3. The lowest BCUT2D eigenvalue weighted by Crippen LogP contribution is -2.39. The first-order valence-electron chi connectivity index (χ1n) is 7.88. The van der Waals surface area contributed by atoms with E-state index in [0.29, 0.717) is 18.4 Å². The molecule has 112 valence electrons. The van der Waals surface area contributed by atoms with Crippen LogP contribution in [0.5, 0.6) is 0 Å². The molecule has 5 nitrogen and oxygen atoms in total. The number of aromatic nitrogens is 2. The van der Waals surface area contributed by atoms with E-state index in [-0.39, 0.29) is 0 Å². The summed E-state index contributed by atoms with van der Waals surface area (Å²) in [7, 11) is 2.26. The van der Waals surface area contributed by atoms with Crippen LogP contribution >= 0.6 is 0 Å². The summed E-state index contributed by atoms with van der Waals surface area (Å²) in [6.45, 7) is 6.06. The fourth-order valence-corrected chi connectivity index (χ4v) is 3.60.